The molecule has 1 aromatic heterocycles. The van der Waals surface area contributed by atoms with Crippen LogP contribution < -0.4 is 11.3 Å². The van der Waals surface area contributed by atoms with Crippen molar-refractivity contribution < 1.29 is 4.79 Å². The summed E-state index contributed by atoms with van der Waals surface area (Å²) in [5, 5.41) is 0.550. The number of nitrogens with two attached hydrogens (primary N) is 1. The van der Waals surface area contributed by atoms with E-state index in [-0.39, 0.29) is 16.7 Å². The molecule has 0 spiro atoms. The number of carbonyl (C=O) groups is 1. The molecule has 2 aliphatic carbocycles. The molecule has 1 atom stereocenters. The van der Waals surface area contributed by atoms with Crippen molar-refractivity contribution in [2.24, 2.45) is 11.7 Å². The van der Waals surface area contributed by atoms with Gasteiger partial charge in [-0.1, -0.05) is 92.5 Å². The van der Waals surface area contributed by atoms with Crippen molar-refractivity contribution in [3.63, 3.8) is 0 Å². The Hall–Kier alpha value is -2.86. The average Bonchev–Trinajstić information content (AvgIpc) is 2.85. The molecule has 0 saturated heterocycles. The summed E-state index contributed by atoms with van der Waals surface area (Å²) in [5.74, 6) is 0.120. The molecule has 1 unspecified atom stereocenters. The predicted molar refractivity (Wildman–Crippen MR) is 137 cm³/mol. The monoisotopic (exact) mass is 473 g/mol. The van der Waals surface area contributed by atoms with Crippen molar-refractivity contribution >= 4 is 17.7 Å². The lowest BCUT2D eigenvalue weighted by atomic mass is 9.60. The fourth-order valence-electron chi connectivity index (χ4n) is 5.87. The summed E-state index contributed by atoms with van der Waals surface area (Å²) in [4.78, 5) is 31.0. The molecule has 2 aromatic carbocycles. The first-order chi connectivity index (χ1) is 16.5. The number of hydrogen-bond acceptors (Lipinski definition) is 4. The van der Waals surface area contributed by atoms with Gasteiger partial charge in [0, 0.05) is 11.0 Å². The normalized spacial score (nSPS) is 19.9. The molecule has 1 saturated carbocycles. The van der Waals surface area contributed by atoms with Gasteiger partial charge < -0.3 is 5.73 Å². The Kier molecular flexibility index (Phi) is 6.34. The summed E-state index contributed by atoms with van der Waals surface area (Å²) in [5.41, 5.74) is 10.2. The molecule has 6 heteroatoms. The first-order valence-corrected chi connectivity index (χ1v) is 13.1. The van der Waals surface area contributed by atoms with Crippen LogP contribution in [0.25, 0.3) is 11.3 Å². The van der Waals surface area contributed by atoms with E-state index in [9.17, 15) is 9.59 Å². The molecule has 176 valence electrons. The van der Waals surface area contributed by atoms with Crippen LogP contribution in [0, 0.1) is 5.92 Å². The van der Waals surface area contributed by atoms with E-state index >= 15 is 0 Å². The first kappa shape index (κ1) is 22.9. The highest BCUT2D eigenvalue weighted by Crippen LogP contribution is 2.49. The summed E-state index contributed by atoms with van der Waals surface area (Å²) in [6.45, 7) is 2.70. The largest absolute Gasteiger partial charge is 0.369 e. The molecular formula is C28H31N3O2S. The molecule has 3 aromatic rings. The van der Waals surface area contributed by atoms with Crippen LogP contribution in [0.4, 0.5) is 0 Å². The van der Waals surface area contributed by atoms with Gasteiger partial charge in [0.2, 0.25) is 5.91 Å². The average molecular weight is 474 g/mol. The van der Waals surface area contributed by atoms with Gasteiger partial charge in [-0.2, -0.15) is 0 Å². The second-order valence-corrected chi connectivity index (χ2v) is 10.8. The van der Waals surface area contributed by atoms with Crippen LogP contribution in [0.5, 0.6) is 0 Å². The molecular weight excluding hydrogens is 442 g/mol. The molecule has 2 aliphatic rings. The highest BCUT2D eigenvalue weighted by Gasteiger charge is 2.44. The van der Waals surface area contributed by atoms with Gasteiger partial charge in [0.15, 0.2) is 5.16 Å². The Morgan fingerprint density at radius 2 is 1.79 bits per heavy atom. The van der Waals surface area contributed by atoms with Crippen molar-refractivity contribution in [3.05, 3.63) is 81.6 Å². The number of aromatic nitrogens is 2. The number of nitrogens with zero attached hydrogens (tertiary/aromatic N) is 2. The van der Waals surface area contributed by atoms with Gasteiger partial charge in [0.05, 0.1) is 23.6 Å². The molecule has 5 nitrogen and oxygen atoms in total. The minimum absolute atomic E-state index is 0.0170. The number of carbonyl (C=O) groups excluding carboxylic acids is 1. The van der Waals surface area contributed by atoms with E-state index in [0.29, 0.717) is 17.6 Å². The lowest BCUT2D eigenvalue weighted by molar-refractivity contribution is -0.115. The van der Waals surface area contributed by atoms with Gasteiger partial charge in [-0.05, 0) is 36.3 Å². The van der Waals surface area contributed by atoms with Crippen LogP contribution in [0.3, 0.4) is 0 Å². The van der Waals surface area contributed by atoms with Crippen molar-refractivity contribution in [2.45, 2.75) is 62.6 Å². The molecule has 0 bridgehead atoms. The van der Waals surface area contributed by atoms with E-state index in [0.717, 1.165) is 41.6 Å². The van der Waals surface area contributed by atoms with Crippen LogP contribution >= 0.6 is 11.8 Å². The fourth-order valence-corrected chi connectivity index (χ4v) is 6.60. The van der Waals surface area contributed by atoms with Crippen LogP contribution in [0.15, 0.2) is 64.5 Å². The zero-order chi connectivity index (χ0) is 23.7. The number of benzene rings is 2. The van der Waals surface area contributed by atoms with Crippen LogP contribution in [0.2, 0.25) is 0 Å². The Labute approximate surface area is 204 Å². The highest BCUT2D eigenvalue weighted by atomic mass is 32.2. The third kappa shape index (κ3) is 4.20. The fraction of sp³-hybridized carbons (Fsp3) is 0.393. The van der Waals surface area contributed by atoms with Crippen molar-refractivity contribution in [1.82, 2.24) is 9.55 Å². The second kappa shape index (κ2) is 9.41. The van der Waals surface area contributed by atoms with Crippen LogP contribution in [-0.2, 0) is 23.2 Å². The van der Waals surface area contributed by atoms with Gasteiger partial charge in [-0.15, -0.1) is 0 Å². The standard InChI is InChI=1S/C28H31N3O2S/c1-28(21-13-6-3-7-14-21)16-20-12-8-9-15-22(20)25-24(28)26(33)31(17-19-10-4-2-5-11-19)27(30-25)34-18-23(29)32/h2,4-5,8-12,15,21H,3,6-7,13-14,16-18H2,1H3,(H2,29,32). The van der Waals surface area contributed by atoms with E-state index < -0.39 is 5.91 Å². The van der Waals surface area contributed by atoms with E-state index in [1.54, 1.807) is 4.57 Å². The summed E-state index contributed by atoms with van der Waals surface area (Å²) < 4.78 is 1.76. The molecule has 0 aliphatic heterocycles. The quantitative estimate of drug-likeness (QED) is 0.407. The van der Waals surface area contributed by atoms with E-state index in [1.165, 1.54) is 36.6 Å². The van der Waals surface area contributed by atoms with Crippen LogP contribution in [-0.4, -0.2) is 21.2 Å². The number of fused-ring (bicyclic) bond motifs is 3. The minimum Gasteiger partial charge on any atom is -0.369 e. The van der Waals surface area contributed by atoms with Crippen molar-refractivity contribution in [1.29, 1.82) is 0 Å². The van der Waals surface area contributed by atoms with Crippen LogP contribution in [0.1, 0.15) is 55.7 Å². The smallest absolute Gasteiger partial charge is 0.258 e. The van der Waals surface area contributed by atoms with Crippen molar-refractivity contribution in [2.75, 3.05) is 5.75 Å². The highest BCUT2D eigenvalue weighted by molar-refractivity contribution is 7.99. The predicted octanol–water partition coefficient (Wildman–Crippen LogP) is 4.93. The molecule has 1 fully saturated rings. The SMILES string of the molecule is CC1(C2CCCCC2)Cc2ccccc2-c2nc(SCC(N)=O)n(Cc3ccccc3)c(=O)c21. The minimum atomic E-state index is -0.421. The number of hydrogen-bond donors (Lipinski definition) is 1. The summed E-state index contributed by atoms with van der Waals surface area (Å²) in [6, 6.07) is 18.3. The molecule has 0 radical (unpaired) electrons. The topological polar surface area (TPSA) is 78.0 Å². The zero-order valence-corrected chi connectivity index (χ0v) is 20.4. The Balaban J connectivity index is 1.73. The lowest BCUT2D eigenvalue weighted by Gasteiger charge is -2.44. The maximum atomic E-state index is 14.3. The number of rotatable bonds is 6. The van der Waals surface area contributed by atoms with Gasteiger partial charge >= 0.3 is 0 Å². The Bertz CT molecular complexity index is 1260. The molecule has 1 heterocycles. The maximum absolute atomic E-state index is 14.3. The Morgan fingerprint density at radius 3 is 2.53 bits per heavy atom. The number of amides is 1. The summed E-state index contributed by atoms with van der Waals surface area (Å²) >= 11 is 1.25. The third-order valence-electron chi connectivity index (χ3n) is 7.57. The molecule has 5 rings (SSSR count). The Morgan fingerprint density at radius 1 is 1.09 bits per heavy atom. The van der Waals surface area contributed by atoms with Gasteiger partial charge in [0.25, 0.3) is 5.56 Å². The van der Waals surface area contributed by atoms with E-state index in [2.05, 4.69) is 25.1 Å². The number of thioether (sulfide) groups is 1. The van der Waals surface area contributed by atoms with E-state index in [1.807, 2.05) is 36.4 Å². The van der Waals surface area contributed by atoms with Gasteiger partial charge in [0.1, 0.15) is 0 Å². The molecule has 34 heavy (non-hydrogen) atoms. The lowest BCUT2D eigenvalue weighted by Crippen LogP contribution is -2.45. The molecule has 2 N–H and O–H groups in total. The zero-order valence-electron chi connectivity index (χ0n) is 19.6. The maximum Gasteiger partial charge on any atom is 0.258 e. The van der Waals surface area contributed by atoms with E-state index in [4.69, 9.17) is 10.7 Å². The first-order valence-electron chi connectivity index (χ1n) is 12.2. The summed E-state index contributed by atoms with van der Waals surface area (Å²) in [6.07, 6.45) is 6.86. The molecule has 1 amide bonds. The second-order valence-electron chi connectivity index (χ2n) is 9.84. The summed E-state index contributed by atoms with van der Waals surface area (Å²) in [7, 11) is 0. The van der Waals surface area contributed by atoms with Crippen molar-refractivity contribution in [3.8, 4) is 11.3 Å². The van der Waals surface area contributed by atoms with Gasteiger partial charge in [-0.3, -0.25) is 14.2 Å². The van der Waals surface area contributed by atoms with Gasteiger partial charge in [-0.25, -0.2) is 4.98 Å². The third-order valence-corrected chi connectivity index (χ3v) is 8.57. The number of primary amides is 1.